The Hall–Kier alpha value is -1.10. The lowest BCUT2D eigenvalue weighted by atomic mass is 10.1. The fourth-order valence-corrected chi connectivity index (χ4v) is 3.09. The third-order valence-corrected chi connectivity index (χ3v) is 4.17. The van der Waals surface area contributed by atoms with Crippen LogP contribution in [-0.2, 0) is 9.53 Å². The van der Waals surface area contributed by atoms with Crippen molar-refractivity contribution in [3.8, 4) is 0 Å². The zero-order chi connectivity index (χ0) is 13.9. The van der Waals surface area contributed by atoms with E-state index in [2.05, 4.69) is 5.32 Å². The summed E-state index contributed by atoms with van der Waals surface area (Å²) >= 11 is 6.00. The molecule has 0 spiro atoms. The number of hydrogen-bond acceptors (Lipinski definition) is 3. The van der Waals surface area contributed by atoms with E-state index in [1.165, 1.54) is 0 Å². The molecule has 1 amide bonds. The van der Waals surface area contributed by atoms with Gasteiger partial charge in [-0.25, -0.2) is 0 Å². The zero-order valence-electron chi connectivity index (χ0n) is 11.3. The predicted molar refractivity (Wildman–Crippen MR) is 79.2 cm³/mol. The van der Waals surface area contributed by atoms with Crippen molar-refractivity contribution in [2.45, 2.75) is 31.3 Å². The van der Waals surface area contributed by atoms with Crippen LogP contribution in [0.1, 0.15) is 19.3 Å². The minimum absolute atomic E-state index is 0.164. The predicted octanol–water partition coefficient (Wildman–Crippen LogP) is 2.21. The van der Waals surface area contributed by atoms with Gasteiger partial charge in [-0.1, -0.05) is 17.7 Å². The van der Waals surface area contributed by atoms with E-state index in [1.807, 2.05) is 29.2 Å². The van der Waals surface area contributed by atoms with Crippen LogP contribution in [0.3, 0.4) is 0 Å². The highest BCUT2D eigenvalue weighted by atomic mass is 35.5. The van der Waals surface area contributed by atoms with Crippen LogP contribution < -0.4 is 10.2 Å². The van der Waals surface area contributed by atoms with Crippen LogP contribution >= 0.6 is 11.6 Å². The van der Waals surface area contributed by atoms with E-state index in [1.54, 1.807) is 0 Å². The normalized spacial score (nSPS) is 24.4. The number of halogens is 1. The molecule has 108 valence electrons. The summed E-state index contributed by atoms with van der Waals surface area (Å²) in [6.07, 6.45) is 2.62. The molecule has 0 radical (unpaired) electrons. The van der Waals surface area contributed by atoms with Crippen LogP contribution in [0.2, 0.25) is 5.02 Å². The van der Waals surface area contributed by atoms with E-state index in [9.17, 15) is 4.79 Å². The van der Waals surface area contributed by atoms with Crippen LogP contribution in [0.15, 0.2) is 24.3 Å². The smallest absolute Gasteiger partial charge is 0.228 e. The molecule has 2 saturated heterocycles. The van der Waals surface area contributed by atoms with Gasteiger partial charge >= 0.3 is 0 Å². The molecule has 4 nitrogen and oxygen atoms in total. The first-order valence-electron chi connectivity index (χ1n) is 7.12. The third kappa shape index (κ3) is 3.14. The molecule has 1 N–H and O–H groups in total. The maximum atomic E-state index is 12.2. The molecule has 2 aliphatic heterocycles. The molecule has 1 aromatic carbocycles. The number of ether oxygens (including phenoxy) is 1. The molecule has 5 heteroatoms. The highest BCUT2D eigenvalue weighted by Gasteiger charge is 2.32. The summed E-state index contributed by atoms with van der Waals surface area (Å²) < 4.78 is 5.36. The Morgan fingerprint density at radius 2 is 2.05 bits per heavy atom. The summed E-state index contributed by atoms with van der Waals surface area (Å²) in [6.45, 7) is 2.35. The fourth-order valence-electron chi connectivity index (χ4n) is 2.91. The summed E-state index contributed by atoms with van der Waals surface area (Å²) in [5.74, 6) is 0.164. The van der Waals surface area contributed by atoms with Gasteiger partial charge in [-0.05, 0) is 31.0 Å². The average Bonchev–Trinajstić information content (AvgIpc) is 2.81. The Kier molecular flexibility index (Phi) is 4.24. The number of nitrogens with one attached hydrogen (secondary N) is 1. The Labute approximate surface area is 124 Å². The molecule has 2 aliphatic rings. The van der Waals surface area contributed by atoms with Crippen LogP contribution in [0.4, 0.5) is 5.69 Å². The molecule has 1 atom stereocenters. The molecule has 3 rings (SSSR count). The van der Waals surface area contributed by atoms with Crippen LogP contribution in [0, 0.1) is 0 Å². The van der Waals surface area contributed by atoms with Gasteiger partial charge in [-0.15, -0.1) is 0 Å². The second kappa shape index (κ2) is 6.12. The second-order valence-corrected chi connectivity index (χ2v) is 5.88. The molecule has 0 aliphatic carbocycles. The molecule has 20 heavy (non-hydrogen) atoms. The van der Waals surface area contributed by atoms with Crippen molar-refractivity contribution in [3.05, 3.63) is 29.3 Å². The van der Waals surface area contributed by atoms with Gasteiger partial charge in [0.15, 0.2) is 0 Å². The quantitative estimate of drug-likeness (QED) is 0.929. The lowest BCUT2D eigenvalue weighted by molar-refractivity contribution is -0.117. The van der Waals surface area contributed by atoms with E-state index < -0.39 is 0 Å². The van der Waals surface area contributed by atoms with Crippen molar-refractivity contribution in [2.75, 3.05) is 24.7 Å². The summed E-state index contributed by atoms with van der Waals surface area (Å²) in [5.41, 5.74) is 0.888. The van der Waals surface area contributed by atoms with Crippen molar-refractivity contribution in [1.82, 2.24) is 5.32 Å². The van der Waals surface area contributed by atoms with Gasteiger partial charge in [0.05, 0.1) is 0 Å². The van der Waals surface area contributed by atoms with E-state index in [-0.39, 0.29) is 11.9 Å². The number of amides is 1. The number of benzene rings is 1. The van der Waals surface area contributed by atoms with Crippen molar-refractivity contribution in [1.29, 1.82) is 0 Å². The molecular weight excluding hydrogens is 276 g/mol. The SMILES string of the molecule is O=C1C[C@H](NC2CCOCC2)CN1c1cccc(Cl)c1. The van der Waals surface area contributed by atoms with Gasteiger partial charge in [0.2, 0.25) is 5.91 Å². The van der Waals surface area contributed by atoms with Crippen molar-refractivity contribution < 1.29 is 9.53 Å². The number of carbonyl (C=O) groups excluding carboxylic acids is 1. The molecule has 0 aromatic heterocycles. The number of nitrogens with zero attached hydrogens (tertiary/aromatic N) is 1. The Morgan fingerprint density at radius 3 is 2.80 bits per heavy atom. The van der Waals surface area contributed by atoms with E-state index in [0.717, 1.165) is 38.3 Å². The molecule has 0 bridgehead atoms. The summed E-state index contributed by atoms with van der Waals surface area (Å²) in [7, 11) is 0. The minimum Gasteiger partial charge on any atom is -0.381 e. The first-order valence-corrected chi connectivity index (χ1v) is 7.50. The Morgan fingerprint density at radius 1 is 1.25 bits per heavy atom. The van der Waals surface area contributed by atoms with Crippen molar-refractivity contribution >= 4 is 23.2 Å². The maximum absolute atomic E-state index is 12.2. The molecule has 0 unspecified atom stereocenters. The third-order valence-electron chi connectivity index (χ3n) is 3.94. The van der Waals surface area contributed by atoms with Gasteiger partial charge < -0.3 is 15.0 Å². The number of hydrogen-bond donors (Lipinski definition) is 1. The van der Waals surface area contributed by atoms with Gasteiger partial charge in [0, 0.05) is 49.0 Å². The average molecular weight is 295 g/mol. The molecule has 2 fully saturated rings. The number of rotatable bonds is 3. The topological polar surface area (TPSA) is 41.6 Å². The maximum Gasteiger partial charge on any atom is 0.228 e. The first kappa shape index (κ1) is 13.9. The summed E-state index contributed by atoms with van der Waals surface area (Å²) in [6, 6.07) is 8.18. The van der Waals surface area contributed by atoms with Gasteiger partial charge in [0.1, 0.15) is 0 Å². The standard InChI is InChI=1S/C15H19ClN2O2/c16-11-2-1-3-14(8-11)18-10-13(9-15(18)19)17-12-4-6-20-7-5-12/h1-3,8,12-13,17H,4-7,9-10H2/t13-/m0/s1. The fraction of sp³-hybridized carbons (Fsp3) is 0.533. The lowest BCUT2D eigenvalue weighted by Gasteiger charge is -2.26. The summed E-state index contributed by atoms with van der Waals surface area (Å²) in [5, 5.41) is 4.25. The zero-order valence-corrected chi connectivity index (χ0v) is 12.1. The van der Waals surface area contributed by atoms with Crippen LogP contribution in [-0.4, -0.2) is 37.7 Å². The van der Waals surface area contributed by atoms with E-state index >= 15 is 0 Å². The first-order chi connectivity index (χ1) is 9.72. The van der Waals surface area contributed by atoms with Crippen LogP contribution in [0.25, 0.3) is 0 Å². The van der Waals surface area contributed by atoms with Gasteiger partial charge in [-0.3, -0.25) is 4.79 Å². The monoisotopic (exact) mass is 294 g/mol. The van der Waals surface area contributed by atoms with Crippen molar-refractivity contribution in [2.24, 2.45) is 0 Å². The Balaban J connectivity index is 1.63. The van der Waals surface area contributed by atoms with E-state index in [4.69, 9.17) is 16.3 Å². The van der Waals surface area contributed by atoms with E-state index in [0.29, 0.717) is 17.5 Å². The molecule has 2 heterocycles. The number of carbonyl (C=O) groups is 1. The van der Waals surface area contributed by atoms with Gasteiger partial charge in [0.25, 0.3) is 0 Å². The van der Waals surface area contributed by atoms with Crippen LogP contribution in [0.5, 0.6) is 0 Å². The molecule has 1 aromatic rings. The highest BCUT2D eigenvalue weighted by molar-refractivity contribution is 6.30. The molecule has 0 saturated carbocycles. The minimum atomic E-state index is 0.164. The lowest BCUT2D eigenvalue weighted by Crippen LogP contribution is -2.42. The second-order valence-electron chi connectivity index (χ2n) is 5.44. The molecular formula is C15H19ClN2O2. The largest absolute Gasteiger partial charge is 0.381 e. The summed E-state index contributed by atoms with van der Waals surface area (Å²) in [4.78, 5) is 14.0. The van der Waals surface area contributed by atoms with Gasteiger partial charge in [-0.2, -0.15) is 0 Å². The van der Waals surface area contributed by atoms with Crippen molar-refractivity contribution in [3.63, 3.8) is 0 Å². The Bertz CT molecular complexity index is 489. The highest BCUT2D eigenvalue weighted by Crippen LogP contribution is 2.25. The number of anilines is 1.